The zero-order chi connectivity index (χ0) is 25.6. The molecule has 0 aliphatic rings. The van der Waals surface area contributed by atoms with Crippen LogP contribution in [0, 0.1) is 17.2 Å². The molecule has 0 aromatic heterocycles. The van der Waals surface area contributed by atoms with Gasteiger partial charge in [-0.25, -0.2) is 8.78 Å². The molecule has 0 bridgehead atoms. The molecule has 1 rings (SSSR count). The Balaban J connectivity index is 0.00000497. The SMILES string of the molecule is C=C/C=C(\C=C/C)CN(C(=O)C(CC(C)C)Oc1ccc(C#N)c(C(F)F)c1)C(C)C.CF. The van der Waals surface area contributed by atoms with E-state index in [0.29, 0.717) is 20.1 Å². The quantitative estimate of drug-likeness (QED) is 0.338. The molecule has 0 saturated carbocycles. The van der Waals surface area contributed by atoms with E-state index in [4.69, 9.17) is 10.00 Å². The molecule has 1 amide bonds. The van der Waals surface area contributed by atoms with Gasteiger partial charge in [0.1, 0.15) is 5.75 Å². The second-order valence-corrected chi connectivity index (χ2v) is 7.93. The number of nitrogens with zero attached hydrogens (tertiary/aromatic N) is 2. The molecule has 4 nitrogen and oxygen atoms in total. The first-order valence-electron chi connectivity index (χ1n) is 10.8. The molecule has 1 unspecified atom stereocenters. The number of nitriles is 1. The molecular weight excluding hydrogens is 429 g/mol. The van der Waals surface area contributed by atoms with E-state index in [2.05, 4.69) is 6.58 Å². The summed E-state index contributed by atoms with van der Waals surface area (Å²) in [5.74, 6) is 0.0769. The molecule has 7 heteroatoms. The smallest absolute Gasteiger partial charge is 0.265 e. The molecule has 1 aromatic rings. The summed E-state index contributed by atoms with van der Waals surface area (Å²) in [6.07, 6.45) is 4.10. The van der Waals surface area contributed by atoms with Crippen molar-refractivity contribution in [1.82, 2.24) is 4.90 Å². The molecule has 1 atom stereocenters. The predicted molar refractivity (Wildman–Crippen MR) is 127 cm³/mol. The van der Waals surface area contributed by atoms with E-state index in [1.54, 1.807) is 17.0 Å². The van der Waals surface area contributed by atoms with Crippen LogP contribution in [0.1, 0.15) is 58.6 Å². The van der Waals surface area contributed by atoms with Crippen molar-refractivity contribution >= 4 is 5.91 Å². The lowest BCUT2D eigenvalue weighted by Gasteiger charge is -2.32. The van der Waals surface area contributed by atoms with Crippen LogP contribution in [0.2, 0.25) is 0 Å². The Morgan fingerprint density at radius 3 is 2.33 bits per heavy atom. The van der Waals surface area contributed by atoms with Gasteiger partial charge in [0.25, 0.3) is 12.3 Å². The van der Waals surface area contributed by atoms with Gasteiger partial charge in [0.05, 0.1) is 18.8 Å². The molecule has 0 heterocycles. The lowest BCUT2D eigenvalue weighted by Crippen LogP contribution is -2.46. The Morgan fingerprint density at radius 2 is 1.88 bits per heavy atom. The van der Waals surface area contributed by atoms with E-state index in [1.807, 2.05) is 52.8 Å². The van der Waals surface area contributed by atoms with Gasteiger partial charge >= 0.3 is 0 Å². The first kappa shape index (κ1) is 30.0. The summed E-state index contributed by atoms with van der Waals surface area (Å²) < 4.78 is 42.1. The molecule has 0 aliphatic heterocycles. The van der Waals surface area contributed by atoms with Gasteiger partial charge in [-0.05, 0) is 56.9 Å². The van der Waals surface area contributed by atoms with E-state index in [9.17, 15) is 18.0 Å². The van der Waals surface area contributed by atoms with Crippen molar-refractivity contribution in [3.63, 3.8) is 0 Å². The zero-order valence-electron chi connectivity index (χ0n) is 20.3. The zero-order valence-corrected chi connectivity index (χ0v) is 20.3. The van der Waals surface area contributed by atoms with Gasteiger partial charge in [-0.3, -0.25) is 9.18 Å². The minimum Gasteiger partial charge on any atom is -0.481 e. The molecule has 0 spiro atoms. The number of hydrogen-bond donors (Lipinski definition) is 0. The average Bonchev–Trinajstić information content (AvgIpc) is 2.77. The van der Waals surface area contributed by atoms with Crippen molar-refractivity contribution in [3.05, 3.63) is 65.8 Å². The van der Waals surface area contributed by atoms with E-state index >= 15 is 0 Å². The second kappa shape index (κ2) is 15.7. The Kier molecular flexibility index (Phi) is 14.3. The normalized spacial score (nSPS) is 12.4. The van der Waals surface area contributed by atoms with E-state index in [0.717, 1.165) is 11.6 Å². The van der Waals surface area contributed by atoms with Crippen LogP contribution in [0.3, 0.4) is 0 Å². The second-order valence-electron chi connectivity index (χ2n) is 7.93. The molecule has 0 fully saturated rings. The van der Waals surface area contributed by atoms with Gasteiger partial charge in [0.15, 0.2) is 6.10 Å². The molecule has 33 heavy (non-hydrogen) atoms. The van der Waals surface area contributed by atoms with Crippen molar-refractivity contribution in [1.29, 1.82) is 5.26 Å². The monoisotopic (exact) mass is 464 g/mol. The van der Waals surface area contributed by atoms with Crippen LogP contribution in [-0.2, 0) is 4.79 Å². The maximum Gasteiger partial charge on any atom is 0.265 e. The number of ether oxygens (including phenoxy) is 1. The summed E-state index contributed by atoms with van der Waals surface area (Å²) in [5, 5.41) is 9.05. The summed E-state index contributed by atoms with van der Waals surface area (Å²) in [7, 11) is 0.500. The van der Waals surface area contributed by atoms with Crippen LogP contribution in [-0.4, -0.2) is 36.7 Å². The van der Waals surface area contributed by atoms with Crippen molar-refractivity contribution < 1.29 is 22.7 Å². The topological polar surface area (TPSA) is 53.3 Å². The highest BCUT2D eigenvalue weighted by Gasteiger charge is 2.29. The van der Waals surface area contributed by atoms with Gasteiger partial charge in [0, 0.05) is 18.2 Å². The number of benzene rings is 1. The lowest BCUT2D eigenvalue weighted by molar-refractivity contribution is -0.140. The van der Waals surface area contributed by atoms with Crippen LogP contribution < -0.4 is 4.74 Å². The summed E-state index contributed by atoms with van der Waals surface area (Å²) in [6, 6.07) is 5.56. The van der Waals surface area contributed by atoms with Crippen molar-refractivity contribution in [2.45, 2.75) is 59.6 Å². The predicted octanol–water partition coefficient (Wildman–Crippen LogP) is 6.80. The fraction of sp³-hybridized carbons (Fsp3) is 0.462. The summed E-state index contributed by atoms with van der Waals surface area (Å²) in [5.41, 5.74) is 0.408. The number of alkyl halides is 3. The largest absolute Gasteiger partial charge is 0.481 e. The van der Waals surface area contributed by atoms with Crippen molar-refractivity contribution in [2.75, 3.05) is 13.7 Å². The van der Waals surface area contributed by atoms with E-state index in [1.165, 1.54) is 12.1 Å². The minimum atomic E-state index is -2.81. The van der Waals surface area contributed by atoms with Crippen molar-refractivity contribution in [3.8, 4) is 11.8 Å². The van der Waals surface area contributed by atoms with Gasteiger partial charge in [-0.2, -0.15) is 5.26 Å². The van der Waals surface area contributed by atoms with Gasteiger partial charge in [0.2, 0.25) is 0 Å². The fourth-order valence-corrected chi connectivity index (χ4v) is 3.11. The number of rotatable bonds is 11. The Labute approximate surface area is 196 Å². The Hall–Kier alpha value is -3.01. The molecular formula is C26H35F3N2O2. The first-order chi connectivity index (χ1) is 15.6. The van der Waals surface area contributed by atoms with Crippen LogP contribution in [0.4, 0.5) is 13.2 Å². The van der Waals surface area contributed by atoms with Crippen LogP contribution >= 0.6 is 0 Å². The molecule has 1 aromatic carbocycles. The first-order valence-corrected chi connectivity index (χ1v) is 10.8. The van der Waals surface area contributed by atoms with Crippen molar-refractivity contribution in [2.24, 2.45) is 5.92 Å². The van der Waals surface area contributed by atoms with Crippen LogP contribution in [0.25, 0.3) is 0 Å². The number of halogens is 3. The molecule has 0 N–H and O–H groups in total. The number of hydrogen-bond acceptors (Lipinski definition) is 3. The lowest BCUT2D eigenvalue weighted by atomic mass is 10.0. The maximum atomic E-state index is 13.4. The number of carbonyl (C=O) groups excluding carboxylic acids is 1. The number of amides is 1. The third kappa shape index (κ3) is 9.98. The average molecular weight is 465 g/mol. The van der Waals surface area contributed by atoms with Gasteiger partial charge < -0.3 is 9.64 Å². The molecule has 0 radical (unpaired) electrons. The highest BCUT2D eigenvalue weighted by molar-refractivity contribution is 5.82. The number of carbonyl (C=O) groups is 1. The summed E-state index contributed by atoms with van der Waals surface area (Å²) in [4.78, 5) is 15.1. The highest BCUT2D eigenvalue weighted by atomic mass is 19.3. The standard InChI is InChI=1S/C25H32F2N2O2.CH3F/c1-7-9-19(10-8-2)16-29(18(5)6)25(30)23(13-17(3)4)31-21-12-11-20(15-28)22(14-21)24(26)27;1-2/h7-12,14,17-18,23-24H,1,13,16H2,2-6H3;1H3/b10-8-,19-9+;. The van der Waals surface area contributed by atoms with Gasteiger partial charge in [-0.15, -0.1) is 0 Å². The summed E-state index contributed by atoms with van der Waals surface area (Å²) in [6.45, 7) is 13.8. The molecule has 0 aliphatic carbocycles. The van der Waals surface area contributed by atoms with E-state index in [-0.39, 0.29) is 29.2 Å². The maximum absolute atomic E-state index is 13.4. The molecule has 182 valence electrons. The van der Waals surface area contributed by atoms with Crippen LogP contribution in [0.15, 0.2) is 54.7 Å². The Bertz CT molecular complexity index is 856. The fourth-order valence-electron chi connectivity index (χ4n) is 3.11. The summed E-state index contributed by atoms with van der Waals surface area (Å²) >= 11 is 0. The third-order valence-corrected chi connectivity index (χ3v) is 4.59. The minimum absolute atomic E-state index is 0.0955. The van der Waals surface area contributed by atoms with E-state index < -0.39 is 18.1 Å². The number of allylic oxidation sites excluding steroid dienone is 3. The highest BCUT2D eigenvalue weighted by Crippen LogP contribution is 2.28. The third-order valence-electron chi connectivity index (χ3n) is 4.59. The Morgan fingerprint density at radius 1 is 1.24 bits per heavy atom. The van der Waals surface area contributed by atoms with Gasteiger partial charge in [-0.1, -0.05) is 44.7 Å². The molecule has 0 saturated heterocycles. The van der Waals surface area contributed by atoms with Crippen LogP contribution in [0.5, 0.6) is 5.75 Å².